The lowest BCUT2D eigenvalue weighted by Crippen LogP contribution is -2.18. The van der Waals surface area contributed by atoms with E-state index in [-0.39, 0.29) is 10.5 Å². The highest BCUT2D eigenvalue weighted by Crippen LogP contribution is 2.11. The Morgan fingerprint density at radius 2 is 2.32 bits per heavy atom. The summed E-state index contributed by atoms with van der Waals surface area (Å²) >= 11 is 4.85. The van der Waals surface area contributed by atoms with Crippen LogP contribution in [-0.4, -0.2) is 26.0 Å². The maximum absolute atomic E-state index is 11.4. The van der Waals surface area contributed by atoms with E-state index in [0.29, 0.717) is 5.56 Å². The summed E-state index contributed by atoms with van der Waals surface area (Å²) in [6, 6.07) is 5.84. The molecule has 0 atom stereocenters. The maximum atomic E-state index is 11.4. The van der Waals surface area contributed by atoms with Gasteiger partial charge >= 0.3 is 0 Å². The molecule has 2 aromatic rings. The van der Waals surface area contributed by atoms with Gasteiger partial charge in [0, 0.05) is 17.7 Å². The van der Waals surface area contributed by atoms with Crippen molar-refractivity contribution in [2.75, 3.05) is 0 Å². The van der Waals surface area contributed by atoms with Gasteiger partial charge in [-0.1, -0.05) is 12.1 Å². The zero-order valence-electron chi connectivity index (χ0n) is 9.39. The second kappa shape index (κ2) is 5.31. The molecule has 2 rings (SSSR count). The van der Waals surface area contributed by atoms with Crippen molar-refractivity contribution in [2.24, 2.45) is 5.10 Å². The van der Waals surface area contributed by atoms with Gasteiger partial charge in [0.2, 0.25) is 4.77 Å². The summed E-state index contributed by atoms with van der Waals surface area (Å²) in [5, 5.41) is 20.4. The highest BCUT2D eigenvalue weighted by molar-refractivity contribution is 7.71. The van der Waals surface area contributed by atoms with Gasteiger partial charge in [0.15, 0.2) is 0 Å². The lowest BCUT2D eigenvalue weighted by molar-refractivity contribution is -0.384. The smallest absolute Gasteiger partial charge is 0.265 e. The first-order valence-corrected chi connectivity index (χ1v) is 5.44. The minimum atomic E-state index is -0.512. The molecule has 0 bridgehead atoms. The number of rotatable bonds is 3. The van der Waals surface area contributed by atoms with Crippen molar-refractivity contribution < 1.29 is 4.92 Å². The number of nitrogens with zero attached hydrogens (tertiary/aromatic N) is 4. The van der Waals surface area contributed by atoms with Crippen LogP contribution in [0.15, 0.2) is 40.4 Å². The van der Waals surface area contributed by atoms with Crippen LogP contribution in [0, 0.1) is 14.9 Å². The Morgan fingerprint density at radius 3 is 3.00 bits per heavy atom. The van der Waals surface area contributed by atoms with Crippen LogP contribution in [0.1, 0.15) is 5.56 Å². The van der Waals surface area contributed by atoms with Crippen LogP contribution in [0.25, 0.3) is 0 Å². The molecule has 0 aliphatic carbocycles. The van der Waals surface area contributed by atoms with Crippen molar-refractivity contribution in [3.05, 3.63) is 61.3 Å². The molecule has 0 spiro atoms. The van der Waals surface area contributed by atoms with Gasteiger partial charge in [-0.3, -0.25) is 20.0 Å². The molecule has 0 radical (unpaired) electrons. The van der Waals surface area contributed by atoms with E-state index in [1.54, 1.807) is 6.07 Å². The van der Waals surface area contributed by atoms with E-state index in [1.165, 1.54) is 24.4 Å². The van der Waals surface area contributed by atoms with Crippen molar-refractivity contribution in [2.45, 2.75) is 0 Å². The molecule has 1 N–H and O–H groups in total. The number of non-ortho nitro benzene ring substituents is 1. The van der Waals surface area contributed by atoms with Gasteiger partial charge in [0.05, 0.1) is 11.1 Å². The first-order chi connectivity index (χ1) is 9.08. The van der Waals surface area contributed by atoms with Gasteiger partial charge < -0.3 is 0 Å². The Bertz CT molecular complexity index is 736. The third kappa shape index (κ3) is 2.96. The SMILES string of the molecule is O=c1cn[nH]c(=S)n1/N=C/c1cccc([N+](=O)[O-])c1. The zero-order valence-corrected chi connectivity index (χ0v) is 10.2. The van der Waals surface area contributed by atoms with Crippen molar-refractivity contribution in [3.63, 3.8) is 0 Å². The average Bonchev–Trinajstić information content (AvgIpc) is 2.38. The number of benzene rings is 1. The number of nitrogens with one attached hydrogen (secondary N) is 1. The molecule has 0 saturated carbocycles. The van der Waals surface area contributed by atoms with E-state index in [1.807, 2.05) is 0 Å². The zero-order chi connectivity index (χ0) is 13.8. The Balaban J connectivity index is 2.38. The summed E-state index contributed by atoms with van der Waals surface area (Å²) in [6.07, 6.45) is 2.33. The lowest BCUT2D eigenvalue weighted by Gasteiger charge is -1.96. The van der Waals surface area contributed by atoms with Gasteiger partial charge in [-0.2, -0.15) is 14.9 Å². The molecule has 96 valence electrons. The van der Waals surface area contributed by atoms with Crippen LogP contribution in [0.4, 0.5) is 5.69 Å². The maximum Gasteiger partial charge on any atom is 0.293 e. The molecule has 19 heavy (non-hydrogen) atoms. The molecular formula is C10H7N5O3S. The highest BCUT2D eigenvalue weighted by Gasteiger charge is 2.04. The van der Waals surface area contributed by atoms with Crippen molar-refractivity contribution >= 4 is 24.1 Å². The molecule has 1 aromatic heterocycles. The van der Waals surface area contributed by atoms with Crippen LogP contribution < -0.4 is 5.56 Å². The number of aromatic amines is 1. The fourth-order valence-corrected chi connectivity index (χ4v) is 1.49. The predicted molar refractivity (Wildman–Crippen MR) is 69.8 cm³/mol. The third-order valence-corrected chi connectivity index (χ3v) is 2.40. The van der Waals surface area contributed by atoms with Crippen LogP contribution in [0.3, 0.4) is 0 Å². The topological polar surface area (TPSA) is 106 Å². The second-order valence-corrected chi connectivity index (χ2v) is 3.81. The van der Waals surface area contributed by atoms with E-state index in [9.17, 15) is 14.9 Å². The molecule has 0 fully saturated rings. The number of H-pyrrole nitrogens is 1. The molecule has 0 unspecified atom stereocenters. The van der Waals surface area contributed by atoms with E-state index in [0.717, 1.165) is 10.9 Å². The lowest BCUT2D eigenvalue weighted by atomic mass is 10.2. The Hall–Kier alpha value is -2.68. The van der Waals surface area contributed by atoms with Crippen LogP contribution in [0.5, 0.6) is 0 Å². The van der Waals surface area contributed by atoms with Crippen LogP contribution >= 0.6 is 12.2 Å². The number of nitro benzene ring substituents is 1. The van der Waals surface area contributed by atoms with E-state index in [2.05, 4.69) is 15.3 Å². The average molecular weight is 277 g/mol. The van der Waals surface area contributed by atoms with Crippen LogP contribution in [0.2, 0.25) is 0 Å². The number of aromatic nitrogens is 3. The quantitative estimate of drug-likeness (QED) is 0.391. The normalized spacial score (nSPS) is 10.7. The number of nitro groups is 1. The van der Waals surface area contributed by atoms with Gasteiger partial charge in [-0.05, 0) is 12.2 Å². The molecule has 9 heteroatoms. The summed E-state index contributed by atoms with van der Waals surface area (Å²) < 4.78 is 0.968. The van der Waals surface area contributed by atoms with E-state index < -0.39 is 10.5 Å². The molecule has 8 nitrogen and oxygen atoms in total. The first-order valence-electron chi connectivity index (χ1n) is 5.03. The Morgan fingerprint density at radius 1 is 1.53 bits per heavy atom. The molecule has 0 saturated heterocycles. The standard InChI is InChI=1S/C10H7N5O3S/c16-9-6-11-13-10(19)14(9)12-5-7-2-1-3-8(4-7)15(17)18/h1-6H,(H,13,19)/b12-5+. The van der Waals surface area contributed by atoms with E-state index >= 15 is 0 Å². The number of hydrogen-bond acceptors (Lipinski definition) is 6. The molecule has 1 heterocycles. The van der Waals surface area contributed by atoms with Gasteiger partial charge in [-0.15, -0.1) is 0 Å². The fourth-order valence-electron chi connectivity index (χ4n) is 1.30. The van der Waals surface area contributed by atoms with Crippen molar-refractivity contribution in [1.29, 1.82) is 0 Å². The van der Waals surface area contributed by atoms with Crippen molar-refractivity contribution in [1.82, 2.24) is 14.9 Å². The number of hydrogen-bond donors (Lipinski definition) is 1. The molecule has 0 aliphatic rings. The minimum Gasteiger partial charge on any atom is -0.265 e. The second-order valence-electron chi connectivity index (χ2n) is 3.42. The summed E-state index contributed by atoms with van der Waals surface area (Å²) in [7, 11) is 0. The van der Waals surface area contributed by atoms with Gasteiger partial charge in [-0.25, -0.2) is 0 Å². The monoisotopic (exact) mass is 277 g/mol. The van der Waals surface area contributed by atoms with Crippen molar-refractivity contribution in [3.8, 4) is 0 Å². The largest absolute Gasteiger partial charge is 0.293 e. The summed E-state index contributed by atoms with van der Waals surface area (Å²) in [5.74, 6) is 0. The Kier molecular flexibility index (Phi) is 3.57. The van der Waals surface area contributed by atoms with Gasteiger partial charge in [0.1, 0.15) is 6.20 Å². The molecule has 0 aliphatic heterocycles. The molecule has 1 aromatic carbocycles. The Labute approximate surface area is 111 Å². The minimum absolute atomic E-state index is 0.0363. The third-order valence-electron chi connectivity index (χ3n) is 2.14. The van der Waals surface area contributed by atoms with Crippen LogP contribution in [-0.2, 0) is 0 Å². The summed E-state index contributed by atoms with van der Waals surface area (Å²) in [6.45, 7) is 0. The molecular weight excluding hydrogens is 270 g/mol. The van der Waals surface area contributed by atoms with Gasteiger partial charge in [0.25, 0.3) is 11.2 Å². The predicted octanol–water partition coefficient (Wildman–Crippen LogP) is 1.09. The molecule has 0 amide bonds. The summed E-state index contributed by atoms with van der Waals surface area (Å²) in [4.78, 5) is 21.5. The van der Waals surface area contributed by atoms with E-state index in [4.69, 9.17) is 12.2 Å². The highest BCUT2D eigenvalue weighted by atomic mass is 32.1. The first kappa shape index (κ1) is 12.8. The fraction of sp³-hybridized carbons (Fsp3) is 0. The summed E-state index contributed by atoms with van der Waals surface area (Å²) in [5.41, 5.74) is -0.0751.